The molecule has 0 unspecified atom stereocenters. The van der Waals surface area contributed by atoms with Crippen LogP contribution >= 0.6 is 0 Å². The molecule has 37 heavy (non-hydrogen) atoms. The quantitative estimate of drug-likeness (QED) is 0.194. The molecule has 1 aromatic rings. The maximum Gasteiger partial charge on any atom is 0.323 e. The van der Waals surface area contributed by atoms with Crippen molar-refractivity contribution in [1.82, 2.24) is 5.32 Å². The van der Waals surface area contributed by atoms with Crippen LogP contribution in [0.3, 0.4) is 0 Å². The van der Waals surface area contributed by atoms with Gasteiger partial charge in [-0.05, 0) is 48.8 Å². The van der Waals surface area contributed by atoms with Gasteiger partial charge < -0.3 is 24.3 Å². The first-order valence-corrected chi connectivity index (χ1v) is 12.9. The van der Waals surface area contributed by atoms with Gasteiger partial charge in [0.25, 0.3) is 0 Å². The Balaban J connectivity index is 3.01. The van der Waals surface area contributed by atoms with E-state index in [1.807, 2.05) is 27.7 Å². The van der Waals surface area contributed by atoms with E-state index in [0.717, 1.165) is 0 Å². The molecule has 0 saturated heterocycles. The van der Waals surface area contributed by atoms with Crippen molar-refractivity contribution in [1.29, 1.82) is 0 Å². The van der Waals surface area contributed by atoms with Gasteiger partial charge in [0.15, 0.2) is 11.5 Å². The number of carbonyl (C=O) groups excluding carboxylic acids is 4. The molecule has 0 aliphatic rings. The third-order valence-corrected chi connectivity index (χ3v) is 5.44. The Morgan fingerprint density at radius 3 is 1.89 bits per heavy atom. The molecule has 208 valence electrons. The largest absolute Gasteiger partial charge is 0.468 e. The van der Waals surface area contributed by atoms with Crippen LogP contribution in [0.15, 0.2) is 18.2 Å². The maximum atomic E-state index is 12.4. The summed E-state index contributed by atoms with van der Waals surface area (Å²) in [5.74, 6) is -0.938. The van der Waals surface area contributed by atoms with Gasteiger partial charge in [0.2, 0.25) is 0 Å². The second kappa shape index (κ2) is 16.7. The number of ether oxygens (including phenoxy) is 4. The van der Waals surface area contributed by atoms with Crippen molar-refractivity contribution in [3.8, 4) is 11.5 Å². The highest BCUT2D eigenvalue weighted by molar-refractivity contribution is 5.77. The highest BCUT2D eigenvalue weighted by Gasteiger charge is 2.22. The van der Waals surface area contributed by atoms with Crippen LogP contribution < -0.4 is 14.8 Å². The molecular weight excluding hydrogens is 478 g/mol. The lowest BCUT2D eigenvalue weighted by Gasteiger charge is -2.18. The minimum Gasteiger partial charge on any atom is -0.468 e. The predicted molar refractivity (Wildman–Crippen MR) is 139 cm³/mol. The molecule has 0 aliphatic carbocycles. The van der Waals surface area contributed by atoms with Gasteiger partial charge in [-0.25, -0.2) is 0 Å². The van der Waals surface area contributed by atoms with E-state index >= 15 is 0 Å². The third-order valence-electron chi connectivity index (χ3n) is 5.44. The molecule has 9 heteroatoms. The topological polar surface area (TPSA) is 117 Å². The van der Waals surface area contributed by atoms with E-state index in [-0.39, 0.29) is 55.8 Å². The Kier molecular flexibility index (Phi) is 14.5. The van der Waals surface area contributed by atoms with Gasteiger partial charge in [0.05, 0.1) is 13.0 Å². The monoisotopic (exact) mass is 521 g/mol. The Labute approximate surface area is 220 Å². The SMILES string of the molecule is COC(=O)[C@H](Cc1ccc(OC(=O)CCC(C)C)c(OC(=O)CCC(C)C)c1)NCCOC(=O)C(C)C. The molecule has 9 nitrogen and oxygen atoms in total. The summed E-state index contributed by atoms with van der Waals surface area (Å²) in [5.41, 5.74) is 0.663. The van der Waals surface area contributed by atoms with Gasteiger partial charge in [0.1, 0.15) is 12.6 Å². The van der Waals surface area contributed by atoms with Gasteiger partial charge in [-0.15, -0.1) is 0 Å². The fourth-order valence-electron chi connectivity index (χ4n) is 3.17. The van der Waals surface area contributed by atoms with E-state index in [4.69, 9.17) is 18.9 Å². The van der Waals surface area contributed by atoms with Crippen molar-refractivity contribution in [2.75, 3.05) is 20.3 Å². The van der Waals surface area contributed by atoms with Crippen LogP contribution in [0.25, 0.3) is 0 Å². The first kappa shape index (κ1) is 32.1. The van der Waals surface area contributed by atoms with E-state index in [9.17, 15) is 19.2 Å². The van der Waals surface area contributed by atoms with Crippen LogP contribution in [-0.4, -0.2) is 50.2 Å². The number of hydrogen-bond donors (Lipinski definition) is 1. The van der Waals surface area contributed by atoms with Crippen molar-refractivity contribution in [3.05, 3.63) is 23.8 Å². The second-order valence-corrected chi connectivity index (χ2v) is 10.2. The summed E-state index contributed by atoms with van der Waals surface area (Å²) in [6.07, 6.45) is 2.03. The summed E-state index contributed by atoms with van der Waals surface area (Å²) in [5, 5.41) is 3.04. The van der Waals surface area contributed by atoms with Crippen molar-refractivity contribution in [2.45, 2.75) is 79.7 Å². The molecule has 1 aromatic carbocycles. The van der Waals surface area contributed by atoms with Crippen LogP contribution in [0.1, 0.15) is 72.8 Å². The van der Waals surface area contributed by atoms with E-state index in [1.165, 1.54) is 7.11 Å². The van der Waals surface area contributed by atoms with E-state index in [0.29, 0.717) is 30.2 Å². The zero-order valence-electron chi connectivity index (χ0n) is 23.3. The van der Waals surface area contributed by atoms with Gasteiger partial charge in [-0.1, -0.05) is 47.6 Å². The summed E-state index contributed by atoms with van der Waals surface area (Å²) < 4.78 is 21.1. The molecule has 0 heterocycles. The number of benzene rings is 1. The average molecular weight is 522 g/mol. The molecule has 0 amide bonds. The molecule has 1 N–H and O–H groups in total. The normalized spacial score (nSPS) is 11.9. The van der Waals surface area contributed by atoms with Crippen molar-refractivity contribution >= 4 is 23.9 Å². The standard InChI is InChI=1S/C28H43NO8/c1-18(2)8-12-25(30)36-23-11-10-21(17-24(23)37-26(31)13-9-19(3)4)16-22(28(33)34-7)29-14-15-35-27(32)20(5)6/h10-11,17-20,22,29H,8-9,12-16H2,1-7H3/t22-/m0/s1. The molecule has 0 aromatic heterocycles. The van der Waals surface area contributed by atoms with Gasteiger partial charge in [0, 0.05) is 19.4 Å². The molecule has 1 atom stereocenters. The molecule has 0 radical (unpaired) electrons. The fraction of sp³-hybridized carbons (Fsp3) is 0.643. The van der Waals surface area contributed by atoms with Crippen molar-refractivity contribution in [3.63, 3.8) is 0 Å². The first-order valence-electron chi connectivity index (χ1n) is 12.9. The van der Waals surface area contributed by atoms with E-state index in [2.05, 4.69) is 5.32 Å². The summed E-state index contributed by atoms with van der Waals surface area (Å²) in [4.78, 5) is 48.8. The van der Waals surface area contributed by atoms with Gasteiger partial charge in [-0.2, -0.15) is 0 Å². The lowest BCUT2D eigenvalue weighted by Crippen LogP contribution is -2.41. The lowest BCUT2D eigenvalue weighted by molar-refractivity contribution is -0.147. The average Bonchev–Trinajstić information content (AvgIpc) is 2.83. The Morgan fingerprint density at radius 2 is 1.38 bits per heavy atom. The van der Waals surface area contributed by atoms with E-state index < -0.39 is 23.9 Å². The molecule has 0 fully saturated rings. The molecule has 0 saturated carbocycles. The second-order valence-electron chi connectivity index (χ2n) is 10.2. The first-order chi connectivity index (χ1) is 17.4. The number of rotatable bonds is 16. The Bertz CT molecular complexity index is 894. The maximum absolute atomic E-state index is 12.4. The Morgan fingerprint density at radius 1 is 0.811 bits per heavy atom. The molecule has 0 aliphatic heterocycles. The molecular formula is C28H43NO8. The van der Waals surface area contributed by atoms with Crippen molar-refractivity contribution < 1.29 is 38.1 Å². The number of hydrogen-bond acceptors (Lipinski definition) is 9. The van der Waals surface area contributed by atoms with Crippen LogP contribution in [0.5, 0.6) is 11.5 Å². The summed E-state index contributed by atoms with van der Waals surface area (Å²) in [7, 11) is 1.29. The predicted octanol–water partition coefficient (Wildman–Crippen LogP) is 4.24. The lowest BCUT2D eigenvalue weighted by atomic mass is 10.0. The number of carbonyl (C=O) groups is 4. The zero-order chi connectivity index (χ0) is 28.0. The summed E-state index contributed by atoms with van der Waals surface area (Å²) in [6.45, 7) is 11.9. The summed E-state index contributed by atoms with van der Waals surface area (Å²) >= 11 is 0. The highest BCUT2D eigenvalue weighted by atomic mass is 16.6. The Hall–Kier alpha value is -2.94. The molecule has 1 rings (SSSR count). The van der Waals surface area contributed by atoms with Crippen molar-refractivity contribution in [2.24, 2.45) is 17.8 Å². The van der Waals surface area contributed by atoms with E-state index in [1.54, 1.807) is 32.0 Å². The van der Waals surface area contributed by atoms with Crippen LogP contribution in [0.2, 0.25) is 0 Å². The smallest absolute Gasteiger partial charge is 0.323 e. The highest BCUT2D eigenvalue weighted by Crippen LogP contribution is 2.30. The van der Waals surface area contributed by atoms with Gasteiger partial charge >= 0.3 is 23.9 Å². The molecule has 0 bridgehead atoms. The minimum atomic E-state index is -0.730. The summed E-state index contributed by atoms with van der Waals surface area (Å²) in [6, 6.07) is 4.13. The zero-order valence-corrected chi connectivity index (χ0v) is 23.3. The van der Waals surface area contributed by atoms with Crippen LogP contribution in [0.4, 0.5) is 0 Å². The third kappa shape index (κ3) is 13.3. The number of esters is 4. The van der Waals surface area contributed by atoms with Gasteiger partial charge in [-0.3, -0.25) is 19.2 Å². The number of nitrogens with one attached hydrogen (secondary N) is 1. The van der Waals surface area contributed by atoms with Crippen LogP contribution in [0, 0.1) is 17.8 Å². The van der Waals surface area contributed by atoms with Crippen LogP contribution in [-0.2, 0) is 35.1 Å². The number of methoxy groups -OCH3 is 1. The minimum absolute atomic E-state index is 0.106. The fourth-order valence-corrected chi connectivity index (χ4v) is 3.17. The molecule has 0 spiro atoms.